The first-order chi connectivity index (χ1) is 13.5. The Balaban J connectivity index is 1.71. The summed E-state index contributed by atoms with van der Waals surface area (Å²) in [5.74, 6) is -0.719. The highest BCUT2D eigenvalue weighted by molar-refractivity contribution is 6.31. The van der Waals surface area contributed by atoms with Gasteiger partial charge in [0.15, 0.2) is 11.6 Å². The van der Waals surface area contributed by atoms with Crippen LogP contribution in [-0.2, 0) is 4.74 Å². The molecule has 0 amide bonds. The number of carbonyl (C=O) groups excluding carboxylic acids is 2. The first-order valence-corrected chi connectivity index (χ1v) is 9.59. The van der Waals surface area contributed by atoms with Crippen LogP contribution in [0.5, 0.6) is 5.75 Å². The number of likely N-dealkylation sites (N-methyl/N-ethyl adjacent to an activating group) is 1. The number of nitrogens with zero attached hydrogens (tertiary/aromatic N) is 1. The van der Waals surface area contributed by atoms with E-state index in [9.17, 15) is 14.7 Å². The first kappa shape index (κ1) is 20.0. The lowest BCUT2D eigenvalue weighted by atomic mass is 9.82. The fourth-order valence-electron chi connectivity index (χ4n) is 3.40. The smallest absolute Gasteiger partial charge is 0.198 e. The summed E-state index contributed by atoms with van der Waals surface area (Å²) in [6, 6.07) is 9.86. The van der Waals surface area contributed by atoms with Crippen LogP contribution in [0.3, 0.4) is 0 Å². The van der Waals surface area contributed by atoms with Gasteiger partial charge in [-0.2, -0.15) is 0 Å². The summed E-state index contributed by atoms with van der Waals surface area (Å²) in [6.45, 7) is 5.81. The summed E-state index contributed by atoms with van der Waals surface area (Å²) >= 11 is 0. The monoisotopic (exact) mass is 382 g/mol. The molecule has 28 heavy (non-hydrogen) atoms. The highest BCUT2D eigenvalue weighted by Crippen LogP contribution is 2.36. The number of ketones is 2. The number of nitrogens with one attached hydrogen (secondary N) is 1. The largest absolute Gasteiger partial charge is 0.507 e. The molecule has 1 aliphatic rings. The third kappa shape index (κ3) is 4.08. The van der Waals surface area contributed by atoms with Crippen LogP contribution in [0.4, 0.5) is 5.69 Å². The van der Waals surface area contributed by atoms with E-state index >= 15 is 0 Å². The summed E-state index contributed by atoms with van der Waals surface area (Å²) in [5.41, 5.74) is 1.64. The Kier molecular flexibility index (Phi) is 6.44. The summed E-state index contributed by atoms with van der Waals surface area (Å²) < 4.78 is 5.35. The van der Waals surface area contributed by atoms with E-state index in [1.54, 1.807) is 30.3 Å². The van der Waals surface area contributed by atoms with Gasteiger partial charge in [-0.05, 0) is 39.1 Å². The summed E-state index contributed by atoms with van der Waals surface area (Å²) in [4.78, 5) is 28.0. The molecule has 2 aromatic carbocycles. The van der Waals surface area contributed by atoms with Crippen molar-refractivity contribution in [2.75, 3.05) is 45.2 Å². The average Bonchev–Trinajstić information content (AvgIpc) is 2.70. The second kappa shape index (κ2) is 8.99. The second-order valence-electron chi connectivity index (χ2n) is 6.87. The SMILES string of the molecule is CCOCCN(C)CCCNc1ccc(O)c2c1C(=O)c1ccccc1C2=O. The zero-order chi connectivity index (χ0) is 20.1. The van der Waals surface area contributed by atoms with Crippen LogP contribution >= 0.6 is 0 Å². The number of fused-ring (bicyclic) bond motifs is 2. The minimum atomic E-state index is -0.318. The molecule has 0 fully saturated rings. The summed E-state index contributed by atoms with van der Waals surface area (Å²) in [7, 11) is 2.04. The number of hydrogen-bond donors (Lipinski definition) is 2. The van der Waals surface area contributed by atoms with Gasteiger partial charge >= 0.3 is 0 Å². The number of hydrogen-bond acceptors (Lipinski definition) is 6. The Labute approximate surface area is 165 Å². The molecule has 0 radical (unpaired) electrons. The van der Waals surface area contributed by atoms with Crippen molar-refractivity contribution < 1.29 is 19.4 Å². The standard InChI is InChI=1S/C22H26N2O4/c1-3-28-14-13-24(2)12-6-11-23-17-9-10-18(25)20-19(17)21(26)15-7-4-5-8-16(15)22(20)27/h4-5,7-10,23,25H,3,6,11-14H2,1-2H3. The molecule has 0 aromatic heterocycles. The first-order valence-electron chi connectivity index (χ1n) is 9.59. The van der Waals surface area contributed by atoms with Crippen molar-refractivity contribution in [1.82, 2.24) is 4.90 Å². The van der Waals surface area contributed by atoms with Crippen molar-refractivity contribution in [2.24, 2.45) is 0 Å². The van der Waals surface area contributed by atoms with Crippen molar-refractivity contribution in [3.05, 3.63) is 58.7 Å². The Bertz CT molecular complexity index is 879. The quantitative estimate of drug-likeness (QED) is 0.438. The van der Waals surface area contributed by atoms with E-state index in [2.05, 4.69) is 10.2 Å². The fourth-order valence-corrected chi connectivity index (χ4v) is 3.40. The molecular weight excluding hydrogens is 356 g/mol. The Hall–Kier alpha value is -2.70. The maximum Gasteiger partial charge on any atom is 0.198 e. The molecule has 148 valence electrons. The number of anilines is 1. The van der Waals surface area contributed by atoms with Gasteiger partial charge in [0.2, 0.25) is 0 Å². The van der Waals surface area contributed by atoms with Gasteiger partial charge in [0.1, 0.15) is 5.75 Å². The molecule has 0 saturated heterocycles. The molecule has 0 saturated carbocycles. The molecule has 1 aliphatic carbocycles. The Morgan fingerprint density at radius 1 is 1.00 bits per heavy atom. The molecule has 6 nitrogen and oxygen atoms in total. The highest BCUT2D eigenvalue weighted by atomic mass is 16.5. The molecule has 2 aromatic rings. The number of rotatable bonds is 9. The number of carbonyl (C=O) groups is 2. The minimum absolute atomic E-state index is 0.0857. The number of ether oxygens (including phenoxy) is 1. The van der Waals surface area contributed by atoms with Gasteiger partial charge in [-0.15, -0.1) is 0 Å². The van der Waals surface area contributed by atoms with E-state index in [0.717, 1.165) is 26.1 Å². The Morgan fingerprint density at radius 3 is 2.36 bits per heavy atom. The lowest BCUT2D eigenvalue weighted by Gasteiger charge is -2.22. The van der Waals surface area contributed by atoms with Gasteiger partial charge < -0.3 is 20.1 Å². The van der Waals surface area contributed by atoms with Crippen molar-refractivity contribution in [2.45, 2.75) is 13.3 Å². The van der Waals surface area contributed by atoms with Crippen LogP contribution < -0.4 is 5.32 Å². The fraction of sp³-hybridized carbons (Fsp3) is 0.364. The molecular formula is C22H26N2O4. The van der Waals surface area contributed by atoms with E-state index in [0.29, 0.717) is 30.0 Å². The topological polar surface area (TPSA) is 78.9 Å². The van der Waals surface area contributed by atoms with Crippen molar-refractivity contribution in [1.29, 1.82) is 0 Å². The van der Waals surface area contributed by atoms with Gasteiger partial charge in [0, 0.05) is 36.5 Å². The summed E-state index contributed by atoms with van der Waals surface area (Å²) in [5, 5.41) is 13.5. The van der Waals surface area contributed by atoms with Crippen LogP contribution in [-0.4, -0.2) is 61.5 Å². The molecule has 0 spiro atoms. The molecule has 6 heteroatoms. The minimum Gasteiger partial charge on any atom is -0.507 e. The molecule has 0 unspecified atom stereocenters. The van der Waals surface area contributed by atoms with Crippen LogP contribution in [0.2, 0.25) is 0 Å². The van der Waals surface area contributed by atoms with Crippen LogP contribution in [0, 0.1) is 0 Å². The number of phenolic OH excluding ortho intramolecular Hbond substituents is 1. The maximum atomic E-state index is 13.0. The molecule has 2 N–H and O–H groups in total. The predicted octanol–water partition coefficient (Wildman–Crippen LogP) is 2.94. The van der Waals surface area contributed by atoms with E-state index in [-0.39, 0.29) is 28.4 Å². The van der Waals surface area contributed by atoms with Crippen molar-refractivity contribution >= 4 is 17.3 Å². The van der Waals surface area contributed by atoms with E-state index in [1.165, 1.54) is 6.07 Å². The molecule has 3 rings (SSSR count). The van der Waals surface area contributed by atoms with Crippen molar-refractivity contribution in [3.8, 4) is 5.75 Å². The molecule has 0 bridgehead atoms. The van der Waals surface area contributed by atoms with E-state index in [1.807, 2.05) is 14.0 Å². The summed E-state index contributed by atoms with van der Waals surface area (Å²) in [6.07, 6.45) is 0.872. The number of benzene rings is 2. The van der Waals surface area contributed by atoms with Crippen molar-refractivity contribution in [3.63, 3.8) is 0 Å². The third-order valence-corrected chi connectivity index (χ3v) is 4.91. The zero-order valence-corrected chi connectivity index (χ0v) is 16.3. The predicted molar refractivity (Wildman–Crippen MR) is 109 cm³/mol. The van der Waals surface area contributed by atoms with Gasteiger partial charge in [-0.25, -0.2) is 0 Å². The number of aromatic hydroxyl groups is 1. The van der Waals surface area contributed by atoms with Crippen LogP contribution in [0.1, 0.15) is 45.2 Å². The van der Waals surface area contributed by atoms with Gasteiger partial charge in [-0.1, -0.05) is 24.3 Å². The molecule has 0 aliphatic heterocycles. The normalized spacial score (nSPS) is 12.8. The molecule has 0 heterocycles. The second-order valence-corrected chi connectivity index (χ2v) is 6.87. The van der Waals surface area contributed by atoms with E-state index in [4.69, 9.17) is 4.74 Å². The van der Waals surface area contributed by atoms with Crippen LogP contribution in [0.15, 0.2) is 36.4 Å². The third-order valence-electron chi connectivity index (χ3n) is 4.91. The van der Waals surface area contributed by atoms with Gasteiger partial charge in [0.05, 0.1) is 17.7 Å². The van der Waals surface area contributed by atoms with Gasteiger partial charge in [0.25, 0.3) is 0 Å². The van der Waals surface area contributed by atoms with Crippen LogP contribution in [0.25, 0.3) is 0 Å². The Morgan fingerprint density at radius 2 is 1.68 bits per heavy atom. The zero-order valence-electron chi connectivity index (χ0n) is 16.3. The average molecular weight is 382 g/mol. The lowest BCUT2D eigenvalue weighted by Crippen LogP contribution is -2.26. The van der Waals surface area contributed by atoms with E-state index < -0.39 is 0 Å². The lowest BCUT2D eigenvalue weighted by molar-refractivity contribution is 0.0977. The highest BCUT2D eigenvalue weighted by Gasteiger charge is 2.33. The molecule has 0 atom stereocenters. The van der Waals surface area contributed by atoms with Gasteiger partial charge in [-0.3, -0.25) is 9.59 Å². The maximum absolute atomic E-state index is 13.0. The number of phenols is 1.